The summed E-state index contributed by atoms with van der Waals surface area (Å²) in [5, 5.41) is 5.14. The zero-order valence-electron chi connectivity index (χ0n) is 11.1. The summed E-state index contributed by atoms with van der Waals surface area (Å²) in [6.45, 7) is 0. The molecule has 1 atom stereocenters. The highest BCUT2D eigenvalue weighted by molar-refractivity contribution is 7.91. The Morgan fingerprint density at radius 1 is 1.30 bits per heavy atom. The molecule has 0 amide bonds. The summed E-state index contributed by atoms with van der Waals surface area (Å²) in [6, 6.07) is 5.88. The van der Waals surface area contributed by atoms with Gasteiger partial charge in [-0.05, 0) is 24.3 Å². The van der Waals surface area contributed by atoms with Gasteiger partial charge < -0.3 is 4.98 Å². The highest BCUT2D eigenvalue weighted by Crippen LogP contribution is 2.38. The van der Waals surface area contributed by atoms with Gasteiger partial charge in [0.1, 0.15) is 25.9 Å². The molecule has 5 nitrogen and oxygen atoms in total. The minimum atomic E-state index is -4.55. The van der Waals surface area contributed by atoms with Crippen LogP contribution in [0.25, 0.3) is 10.3 Å². The number of hydrogen-bond acceptors (Lipinski definition) is 4. The van der Waals surface area contributed by atoms with Gasteiger partial charge in [-0.25, -0.2) is 14.3 Å². The van der Waals surface area contributed by atoms with Crippen LogP contribution in [0.2, 0.25) is 5.02 Å². The molecular formula is C12H8ClF3N4OS2. The van der Waals surface area contributed by atoms with E-state index in [0.29, 0.717) is 16.4 Å². The van der Waals surface area contributed by atoms with Gasteiger partial charge in [-0.3, -0.25) is 0 Å². The van der Waals surface area contributed by atoms with Crippen LogP contribution in [-0.2, 0) is 16.1 Å². The first-order valence-corrected chi connectivity index (χ1v) is 8.80. The molecule has 23 heavy (non-hydrogen) atoms. The van der Waals surface area contributed by atoms with Crippen molar-refractivity contribution in [2.75, 3.05) is 0 Å². The molecule has 2 heterocycles. The summed E-state index contributed by atoms with van der Waals surface area (Å²) in [5.41, 5.74) is -0.0105. The van der Waals surface area contributed by atoms with Crippen molar-refractivity contribution in [2.24, 2.45) is 9.50 Å². The summed E-state index contributed by atoms with van der Waals surface area (Å²) >= 11 is 6.19. The molecule has 0 spiro atoms. The first-order chi connectivity index (χ1) is 10.7. The second-order valence-electron chi connectivity index (χ2n) is 4.48. The van der Waals surface area contributed by atoms with Crippen molar-refractivity contribution in [3.05, 3.63) is 40.5 Å². The van der Waals surface area contributed by atoms with E-state index in [-0.39, 0.29) is 20.9 Å². The predicted molar refractivity (Wildman–Crippen MR) is 83.1 cm³/mol. The van der Waals surface area contributed by atoms with Gasteiger partial charge in [0.2, 0.25) is 5.01 Å². The fraction of sp³-hybridized carbons (Fsp3) is 0.0833. The third-order valence-electron chi connectivity index (χ3n) is 2.84. The first kappa shape index (κ1) is 16.2. The van der Waals surface area contributed by atoms with E-state index in [0.717, 1.165) is 0 Å². The summed E-state index contributed by atoms with van der Waals surface area (Å²) < 4.78 is 54.5. The Labute approximate surface area is 137 Å². The zero-order chi connectivity index (χ0) is 16.8. The summed E-state index contributed by atoms with van der Waals surface area (Å²) in [7, 11) is -3.34. The maximum Gasteiger partial charge on any atom is 0.443 e. The standard InChI is InChI=1S/C12H8ClF3N4OS2/c13-6-1-3-7(4-2-6)23(17,21)20-8-5-18-10-9(8)19-11(22-10)12(14,15)16/h1-5,18H,(H2,17,20,21). The number of rotatable bonds is 2. The topological polar surface area (TPSA) is 84.1 Å². The Hall–Kier alpha value is -1.62. The number of fused-ring (bicyclic) bond motifs is 1. The normalized spacial score (nSPS) is 14.8. The molecule has 0 aliphatic carbocycles. The minimum absolute atomic E-state index is 0.00852. The monoisotopic (exact) mass is 380 g/mol. The molecule has 2 aromatic heterocycles. The van der Waals surface area contributed by atoms with Crippen LogP contribution < -0.4 is 5.14 Å². The number of nitrogens with two attached hydrogens (primary N) is 1. The highest BCUT2D eigenvalue weighted by atomic mass is 35.5. The fourth-order valence-electron chi connectivity index (χ4n) is 1.81. The number of benzene rings is 1. The smallest absolute Gasteiger partial charge is 0.349 e. The Bertz CT molecular complexity index is 984. The van der Waals surface area contributed by atoms with Crippen LogP contribution in [0, 0.1) is 0 Å². The lowest BCUT2D eigenvalue weighted by Gasteiger charge is -2.03. The van der Waals surface area contributed by atoms with Crippen LogP contribution in [0.4, 0.5) is 18.9 Å². The van der Waals surface area contributed by atoms with Crippen molar-refractivity contribution in [1.29, 1.82) is 0 Å². The second-order valence-corrected chi connectivity index (χ2v) is 7.71. The molecular weight excluding hydrogens is 373 g/mol. The van der Waals surface area contributed by atoms with E-state index in [2.05, 4.69) is 14.3 Å². The van der Waals surface area contributed by atoms with Crippen LogP contribution in [0.5, 0.6) is 0 Å². The summed E-state index contributed by atoms with van der Waals surface area (Å²) in [6.07, 6.45) is -3.24. The van der Waals surface area contributed by atoms with E-state index in [4.69, 9.17) is 16.7 Å². The van der Waals surface area contributed by atoms with Crippen molar-refractivity contribution >= 4 is 48.9 Å². The van der Waals surface area contributed by atoms with E-state index in [1.54, 1.807) is 0 Å². The molecule has 122 valence electrons. The zero-order valence-corrected chi connectivity index (χ0v) is 13.5. The van der Waals surface area contributed by atoms with E-state index in [1.807, 2.05) is 0 Å². The summed E-state index contributed by atoms with van der Waals surface area (Å²) in [4.78, 5) is 6.52. The molecule has 0 bridgehead atoms. The number of aromatic amines is 1. The molecule has 0 saturated heterocycles. The Morgan fingerprint density at radius 3 is 2.57 bits per heavy atom. The lowest BCUT2D eigenvalue weighted by Crippen LogP contribution is -2.11. The van der Waals surface area contributed by atoms with Crippen LogP contribution in [-0.4, -0.2) is 14.2 Å². The Kier molecular flexibility index (Phi) is 3.87. The van der Waals surface area contributed by atoms with Crippen molar-refractivity contribution in [3.63, 3.8) is 0 Å². The van der Waals surface area contributed by atoms with E-state index >= 15 is 0 Å². The molecule has 0 fully saturated rings. The molecule has 0 saturated carbocycles. The minimum Gasteiger partial charge on any atom is -0.349 e. The third-order valence-corrected chi connectivity index (χ3v) is 5.54. The van der Waals surface area contributed by atoms with Crippen LogP contribution in [0.3, 0.4) is 0 Å². The van der Waals surface area contributed by atoms with Gasteiger partial charge in [-0.1, -0.05) is 22.9 Å². The molecule has 0 aliphatic heterocycles. The van der Waals surface area contributed by atoms with Crippen molar-refractivity contribution in [1.82, 2.24) is 9.97 Å². The molecule has 1 unspecified atom stereocenters. The van der Waals surface area contributed by atoms with Crippen molar-refractivity contribution in [3.8, 4) is 0 Å². The number of thiazole rings is 1. The quantitative estimate of drug-likeness (QED) is 0.693. The number of alkyl halides is 3. The average molecular weight is 381 g/mol. The van der Waals surface area contributed by atoms with Gasteiger partial charge in [-0.2, -0.15) is 17.5 Å². The Balaban J connectivity index is 2.11. The maximum absolute atomic E-state index is 12.7. The molecule has 0 aliphatic rings. The lowest BCUT2D eigenvalue weighted by molar-refractivity contribution is -0.137. The van der Waals surface area contributed by atoms with Gasteiger partial charge in [0.25, 0.3) is 0 Å². The first-order valence-electron chi connectivity index (χ1n) is 6.02. The maximum atomic E-state index is 12.7. The molecule has 3 aromatic rings. The van der Waals surface area contributed by atoms with Crippen LogP contribution in [0.15, 0.2) is 39.7 Å². The van der Waals surface area contributed by atoms with Crippen molar-refractivity contribution in [2.45, 2.75) is 11.1 Å². The van der Waals surface area contributed by atoms with Crippen LogP contribution >= 0.6 is 22.9 Å². The predicted octanol–water partition coefficient (Wildman–Crippen LogP) is 4.33. The average Bonchev–Trinajstić information content (AvgIpc) is 3.01. The molecule has 11 heteroatoms. The largest absolute Gasteiger partial charge is 0.443 e. The van der Waals surface area contributed by atoms with Gasteiger partial charge in [0.15, 0.2) is 0 Å². The molecule has 3 N–H and O–H groups in total. The summed E-state index contributed by atoms with van der Waals surface area (Å²) in [5.74, 6) is 0. The van der Waals surface area contributed by atoms with E-state index in [9.17, 15) is 17.4 Å². The number of hydrogen-bond donors (Lipinski definition) is 2. The number of aromatic nitrogens is 2. The second kappa shape index (κ2) is 5.48. The van der Waals surface area contributed by atoms with Crippen LogP contribution in [0.1, 0.15) is 5.01 Å². The van der Waals surface area contributed by atoms with Gasteiger partial charge in [0.05, 0.1) is 4.90 Å². The van der Waals surface area contributed by atoms with E-state index < -0.39 is 21.1 Å². The third kappa shape index (κ3) is 3.20. The van der Waals surface area contributed by atoms with Gasteiger partial charge in [0, 0.05) is 11.2 Å². The Morgan fingerprint density at radius 2 is 1.96 bits per heavy atom. The van der Waals surface area contributed by atoms with Crippen molar-refractivity contribution < 1.29 is 17.4 Å². The number of H-pyrrole nitrogens is 1. The molecule has 1 aromatic carbocycles. The fourth-order valence-corrected chi connectivity index (χ4v) is 3.81. The van der Waals surface area contributed by atoms with E-state index in [1.165, 1.54) is 30.5 Å². The lowest BCUT2D eigenvalue weighted by atomic mass is 10.4. The molecule has 0 radical (unpaired) electrons. The van der Waals surface area contributed by atoms with Gasteiger partial charge >= 0.3 is 6.18 Å². The SMILES string of the molecule is NS(=O)(=Nc1c[nH]c2sc(C(F)(F)F)nc12)c1ccc(Cl)cc1. The molecule has 3 rings (SSSR count). The number of nitrogens with zero attached hydrogens (tertiary/aromatic N) is 2. The number of halogens is 4. The van der Waals surface area contributed by atoms with Gasteiger partial charge in [-0.15, -0.1) is 0 Å². The highest BCUT2D eigenvalue weighted by Gasteiger charge is 2.35. The number of nitrogens with one attached hydrogen (secondary N) is 1.